The van der Waals surface area contributed by atoms with Crippen molar-refractivity contribution in [3.63, 3.8) is 0 Å². The van der Waals surface area contributed by atoms with Crippen molar-refractivity contribution in [3.8, 4) is 17.0 Å². The Kier molecular flexibility index (Phi) is 8.57. The van der Waals surface area contributed by atoms with E-state index in [1.807, 2.05) is 65.7 Å². The van der Waals surface area contributed by atoms with Crippen molar-refractivity contribution in [2.75, 3.05) is 50.8 Å². The van der Waals surface area contributed by atoms with Gasteiger partial charge in [-0.1, -0.05) is 54.1 Å². The third kappa shape index (κ3) is 5.80. The highest BCUT2D eigenvalue weighted by Gasteiger charge is 2.36. The maximum absolute atomic E-state index is 14.1. The lowest BCUT2D eigenvalue weighted by Crippen LogP contribution is -2.52. The normalized spacial score (nSPS) is 18.8. The number of nitrogens with one attached hydrogen (secondary N) is 2. The van der Waals surface area contributed by atoms with E-state index in [4.69, 9.17) is 16.3 Å². The van der Waals surface area contributed by atoms with Crippen LogP contribution in [0.1, 0.15) is 24.3 Å². The second-order valence-electron chi connectivity index (χ2n) is 10.8. The highest BCUT2D eigenvalue weighted by atomic mass is 35.5. The average Bonchev–Trinajstić information content (AvgIpc) is 3.71. The number of aromatic nitrogens is 3. The molecule has 42 heavy (non-hydrogen) atoms. The molecule has 0 spiro atoms. The first-order valence-corrected chi connectivity index (χ1v) is 14.8. The molecule has 1 amide bonds. The molecule has 4 N–H and O–H groups in total. The molecule has 0 aliphatic carbocycles. The number of amides is 1. The molecular weight excluding hydrogens is 556 g/mol. The van der Waals surface area contributed by atoms with E-state index in [-0.39, 0.29) is 24.5 Å². The smallest absolute Gasteiger partial charge is 0.244 e. The molecule has 2 aromatic heterocycles. The number of aliphatic hydroxyl groups excluding tert-OH is 2. The van der Waals surface area contributed by atoms with Crippen molar-refractivity contribution >= 4 is 34.2 Å². The molecule has 10 nitrogen and oxygen atoms in total. The minimum absolute atomic E-state index is 0.0983. The fourth-order valence-electron chi connectivity index (χ4n) is 6.00. The number of aliphatic hydroxyl groups is 2. The number of carbonyl (C=O) groups is 1. The average molecular weight is 591 g/mol. The predicted molar refractivity (Wildman–Crippen MR) is 162 cm³/mol. The number of pyridine rings is 1. The fraction of sp³-hybridized carbons (Fsp3) is 0.387. The van der Waals surface area contributed by atoms with Crippen molar-refractivity contribution in [2.24, 2.45) is 0 Å². The summed E-state index contributed by atoms with van der Waals surface area (Å²) in [6.45, 7) is 2.75. The number of anilines is 1. The van der Waals surface area contributed by atoms with Gasteiger partial charge in [-0.2, -0.15) is 0 Å². The van der Waals surface area contributed by atoms with Crippen LogP contribution in [-0.2, 0) is 4.79 Å². The summed E-state index contributed by atoms with van der Waals surface area (Å²) >= 11 is 6.16. The lowest BCUT2D eigenvalue weighted by atomic mass is 9.89. The molecule has 2 saturated heterocycles. The topological polar surface area (TPSA) is 127 Å². The molecule has 0 saturated carbocycles. The zero-order valence-corrected chi connectivity index (χ0v) is 24.0. The largest absolute Gasteiger partial charge is 0.473 e. The van der Waals surface area contributed by atoms with Gasteiger partial charge in [-0.05, 0) is 42.6 Å². The maximum Gasteiger partial charge on any atom is 0.244 e. The van der Waals surface area contributed by atoms with Crippen LogP contribution in [0.3, 0.4) is 0 Å². The van der Waals surface area contributed by atoms with E-state index in [2.05, 4.69) is 25.4 Å². The number of H-pyrrole nitrogens is 1. The number of benzene rings is 2. The summed E-state index contributed by atoms with van der Waals surface area (Å²) in [7, 11) is 0. The zero-order valence-electron chi connectivity index (χ0n) is 23.2. The number of rotatable bonds is 9. The van der Waals surface area contributed by atoms with E-state index >= 15 is 0 Å². The van der Waals surface area contributed by atoms with Gasteiger partial charge in [-0.3, -0.25) is 9.89 Å². The van der Waals surface area contributed by atoms with Crippen LogP contribution < -0.4 is 15.0 Å². The summed E-state index contributed by atoms with van der Waals surface area (Å²) in [6.07, 6.45) is 2.82. The van der Waals surface area contributed by atoms with Gasteiger partial charge < -0.3 is 30.1 Å². The lowest BCUT2D eigenvalue weighted by Gasteiger charge is -2.39. The standard InChI is InChI=1S/C31H35ClN6O4/c32-22-10-8-21(9-11-22)26(25-7-4-12-33-25)31(41)38-15-13-37(14-16-38)28-24(20-5-2-1-3-6-20)17-34-29-27(28)30(36-35-29)42-19-23(40)18-39/h1-3,5-6,8-11,17,23,25-26,33,39-40H,4,7,12-16,18-19H2,(H,34,35,36)/t23-,25+,26+/m1/s1. The quantitative estimate of drug-likeness (QED) is 0.234. The minimum atomic E-state index is -1.03. The number of fused-ring (bicyclic) bond motifs is 1. The maximum atomic E-state index is 14.1. The summed E-state index contributed by atoms with van der Waals surface area (Å²) < 4.78 is 5.84. The van der Waals surface area contributed by atoms with E-state index in [1.54, 1.807) is 0 Å². The predicted octanol–water partition coefficient (Wildman–Crippen LogP) is 3.19. The minimum Gasteiger partial charge on any atom is -0.473 e. The van der Waals surface area contributed by atoms with Crippen molar-refractivity contribution in [2.45, 2.75) is 30.9 Å². The van der Waals surface area contributed by atoms with Crippen molar-refractivity contribution in [1.82, 2.24) is 25.4 Å². The summed E-state index contributed by atoms with van der Waals surface area (Å²) in [6, 6.07) is 17.8. The molecular formula is C31H35ClN6O4. The highest BCUT2D eigenvalue weighted by molar-refractivity contribution is 6.30. The first kappa shape index (κ1) is 28.4. The van der Waals surface area contributed by atoms with Gasteiger partial charge >= 0.3 is 0 Å². The lowest BCUT2D eigenvalue weighted by molar-refractivity contribution is -0.133. The number of ether oxygens (including phenoxy) is 1. The van der Waals surface area contributed by atoms with Gasteiger partial charge in [-0.25, -0.2) is 4.98 Å². The van der Waals surface area contributed by atoms with Gasteiger partial charge in [0, 0.05) is 49.0 Å². The number of aromatic amines is 1. The van der Waals surface area contributed by atoms with Crippen LogP contribution in [0.4, 0.5) is 5.69 Å². The third-order valence-corrected chi connectivity index (χ3v) is 8.39. The summed E-state index contributed by atoms with van der Waals surface area (Å²) in [4.78, 5) is 22.9. The molecule has 0 unspecified atom stereocenters. The molecule has 2 fully saturated rings. The van der Waals surface area contributed by atoms with Crippen molar-refractivity contribution < 1.29 is 19.7 Å². The van der Waals surface area contributed by atoms with Gasteiger partial charge in [0.2, 0.25) is 11.8 Å². The Morgan fingerprint density at radius 3 is 2.55 bits per heavy atom. The van der Waals surface area contributed by atoms with Gasteiger partial charge in [0.05, 0.1) is 18.2 Å². The number of nitrogens with zero attached hydrogens (tertiary/aromatic N) is 4. The first-order chi connectivity index (χ1) is 20.5. The van der Waals surface area contributed by atoms with Crippen molar-refractivity contribution in [1.29, 1.82) is 0 Å². The van der Waals surface area contributed by atoms with Crippen LogP contribution >= 0.6 is 11.6 Å². The van der Waals surface area contributed by atoms with E-state index in [0.29, 0.717) is 48.1 Å². The van der Waals surface area contributed by atoms with Crippen LogP contribution in [0.2, 0.25) is 5.02 Å². The molecule has 4 heterocycles. The first-order valence-electron chi connectivity index (χ1n) is 14.4. The number of hydrogen-bond acceptors (Lipinski definition) is 8. The monoisotopic (exact) mass is 590 g/mol. The fourth-order valence-corrected chi connectivity index (χ4v) is 6.12. The SMILES string of the molecule is O=C([C@@H](c1ccc(Cl)cc1)[C@@H]1CCCN1)N1CCN(c2c(-c3ccccc3)cnc3[nH]nc(OC[C@H](O)CO)c23)CC1. The second-order valence-corrected chi connectivity index (χ2v) is 11.3. The Hall–Kier alpha value is -3.70. The molecule has 220 valence electrons. The molecule has 11 heteroatoms. The molecule has 6 rings (SSSR count). The Bertz CT molecular complexity index is 1500. The van der Waals surface area contributed by atoms with Crippen LogP contribution in [0.5, 0.6) is 5.88 Å². The van der Waals surface area contributed by atoms with Crippen LogP contribution in [-0.4, -0.2) is 94.3 Å². The van der Waals surface area contributed by atoms with E-state index in [9.17, 15) is 15.0 Å². The van der Waals surface area contributed by atoms with Crippen LogP contribution in [0.25, 0.3) is 22.2 Å². The van der Waals surface area contributed by atoms with Crippen LogP contribution in [0.15, 0.2) is 60.8 Å². The Balaban J connectivity index is 1.29. The Labute approximate surface area is 249 Å². The van der Waals surface area contributed by atoms with Gasteiger partial charge in [0.1, 0.15) is 18.1 Å². The van der Waals surface area contributed by atoms with Crippen LogP contribution in [0, 0.1) is 0 Å². The summed E-state index contributed by atoms with van der Waals surface area (Å²) in [5.74, 6) is 0.173. The van der Waals surface area contributed by atoms with E-state index in [0.717, 1.165) is 41.8 Å². The van der Waals surface area contributed by atoms with Gasteiger partial charge in [0.25, 0.3) is 0 Å². The number of carbonyl (C=O) groups excluding carboxylic acids is 1. The number of piperazine rings is 1. The molecule has 2 aromatic carbocycles. The zero-order chi connectivity index (χ0) is 29.1. The van der Waals surface area contributed by atoms with Gasteiger partial charge in [0.15, 0.2) is 5.65 Å². The molecule has 0 radical (unpaired) electrons. The molecule has 0 bridgehead atoms. The second kappa shape index (κ2) is 12.7. The Morgan fingerprint density at radius 2 is 1.86 bits per heavy atom. The highest BCUT2D eigenvalue weighted by Crippen LogP contribution is 2.40. The van der Waals surface area contributed by atoms with E-state index < -0.39 is 12.7 Å². The van der Waals surface area contributed by atoms with E-state index in [1.165, 1.54) is 0 Å². The molecule has 3 atom stereocenters. The number of halogens is 1. The third-order valence-electron chi connectivity index (χ3n) is 8.14. The van der Waals surface area contributed by atoms with Gasteiger partial charge in [-0.15, -0.1) is 5.10 Å². The molecule has 2 aliphatic heterocycles. The Morgan fingerprint density at radius 1 is 1.10 bits per heavy atom. The van der Waals surface area contributed by atoms with Crippen molar-refractivity contribution in [3.05, 3.63) is 71.4 Å². The summed E-state index contributed by atoms with van der Waals surface area (Å²) in [5.41, 5.74) is 4.38. The summed E-state index contributed by atoms with van der Waals surface area (Å²) in [5, 5.41) is 31.3. The molecule has 4 aromatic rings. The molecule has 2 aliphatic rings. The number of hydrogen-bond donors (Lipinski definition) is 4.